The predicted octanol–water partition coefficient (Wildman–Crippen LogP) is 3.39. The molecule has 1 heterocycles. The molecule has 1 aliphatic heterocycles. The lowest BCUT2D eigenvalue weighted by Crippen LogP contribution is -2.52. The molecule has 4 N–H and O–H groups in total. The number of carbonyl (C=O) groups is 2. The highest BCUT2D eigenvalue weighted by Crippen LogP contribution is 2.51. The third-order valence-corrected chi connectivity index (χ3v) is 5.76. The lowest BCUT2D eigenvalue weighted by atomic mass is 9.70. The minimum atomic E-state index is -5.33. The van der Waals surface area contributed by atoms with Crippen molar-refractivity contribution in [2.24, 2.45) is 11.5 Å². The van der Waals surface area contributed by atoms with Crippen molar-refractivity contribution in [2.75, 3.05) is 6.61 Å². The Hall–Kier alpha value is -3.89. The van der Waals surface area contributed by atoms with Gasteiger partial charge in [0.2, 0.25) is 0 Å². The molecule has 0 radical (unpaired) electrons. The maximum absolute atomic E-state index is 15.8. The van der Waals surface area contributed by atoms with Gasteiger partial charge in [-0.25, -0.2) is 8.78 Å². The van der Waals surface area contributed by atoms with E-state index in [1.54, 1.807) is 12.1 Å². The Morgan fingerprint density at radius 2 is 1.85 bits per heavy atom. The van der Waals surface area contributed by atoms with Crippen LogP contribution in [0.2, 0.25) is 0 Å². The molecule has 34 heavy (non-hydrogen) atoms. The largest absolute Gasteiger partial charge is 0.489 e. The highest BCUT2D eigenvalue weighted by molar-refractivity contribution is 5.95. The minimum Gasteiger partial charge on any atom is -0.489 e. The van der Waals surface area contributed by atoms with E-state index in [2.05, 4.69) is 0 Å². The molecule has 2 aliphatic rings. The van der Waals surface area contributed by atoms with Crippen LogP contribution in [0.5, 0.6) is 11.5 Å². The molecule has 2 aromatic carbocycles. The van der Waals surface area contributed by atoms with Gasteiger partial charge >= 0.3 is 6.18 Å². The number of amides is 2. The van der Waals surface area contributed by atoms with Crippen molar-refractivity contribution in [1.82, 2.24) is 0 Å². The van der Waals surface area contributed by atoms with Crippen LogP contribution in [0.25, 0.3) is 0 Å². The molecule has 11 heteroatoms. The van der Waals surface area contributed by atoms with Crippen LogP contribution in [0.3, 0.4) is 0 Å². The normalized spacial score (nSPS) is 21.7. The Balaban J connectivity index is 1.86. The summed E-state index contributed by atoms with van der Waals surface area (Å²) in [5, 5.41) is 0. The summed E-state index contributed by atoms with van der Waals surface area (Å²) >= 11 is 0. The van der Waals surface area contributed by atoms with E-state index >= 15 is 4.39 Å². The minimum absolute atomic E-state index is 0.0675. The number of alkyl halides is 4. The van der Waals surface area contributed by atoms with Crippen LogP contribution < -0.4 is 20.9 Å². The van der Waals surface area contributed by atoms with Crippen LogP contribution in [0.15, 0.2) is 59.9 Å². The fourth-order valence-electron chi connectivity index (χ4n) is 4.07. The molecule has 2 unspecified atom stereocenters. The molecule has 2 atom stereocenters. The molecule has 1 aliphatic carbocycles. The molecule has 6 nitrogen and oxygen atoms in total. The summed E-state index contributed by atoms with van der Waals surface area (Å²) < 4.78 is 84.0. The molecule has 2 aromatic rings. The number of para-hydroxylation sites is 1. The lowest BCUT2D eigenvalue weighted by molar-refractivity contribution is -0.189. The second-order valence-corrected chi connectivity index (χ2v) is 7.71. The molecular weight excluding hydrogens is 463 g/mol. The molecule has 0 bridgehead atoms. The first-order valence-electron chi connectivity index (χ1n) is 9.93. The Kier molecular flexibility index (Phi) is 5.58. The number of nitrogens with two attached hydrogens (primary N) is 2. The quantitative estimate of drug-likeness (QED) is 0.641. The van der Waals surface area contributed by atoms with Crippen molar-refractivity contribution in [3.63, 3.8) is 0 Å². The first-order chi connectivity index (χ1) is 16.0. The zero-order chi connectivity index (χ0) is 24.8. The van der Waals surface area contributed by atoms with Crippen molar-refractivity contribution in [3.05, 3.63) is 82.4 Å². The number of rotatable bonds is 5. The first-order valence-corrected chi connectivity index (χ1v) is 9.93. The van der Waals surface area contributed by atoms with Gasteiger partial charge < -0.3 is 20.9 Å². The van der Waals surface area contributed by atoms with Crippen LogP contribution in [0.1, 0.15) is 21.5 Å². The van der Waals surface area contributed by atoms with E-state index in [4.69, 9.17) is 20.9 Å². The van der Waals surface area contributed by atoms with Crippen molar-refractivity contribution in [3.8, 4) is 11.5 Å². The smallest absolute Gasteiger partial charge is 0.404 e. The monoisotopic (exact) mass is 480 g/mol. The summed E-state index contributed by atoms with van der Waals surface area (Å²) in [6.07, 6.45) is -6.64. The summed E-state index contributed by atoms with van der Waals surface area (Å²) in [5.41, 5.74) is 4.81. The van der Waals surface area contributed by atoms with E-state index in [9.17, 15) is 27.2 Å². The van der Waals surface area contributed by atoms with Gasteiger partial charge in [0.15, 0.2) is 17.7 Å². The van der Waals surface area contributed by atoms with E-state index in [1.165, 1.54) is 6.07 Å². The Labute approximate surface area is 189 Å². The standard InChI is InChI=1S/C23H17F5N2O4/c24-14-5-4-12(10-13(14)20(29)31)22(23(26,27)28)8-6-15(17(19(22)25)21(30)32)34-16-3-1-2-11-7-9-33-18(11)16/h1-6,8,10,19H,7,9H2,(H2,29,31)(H2,30,32). The second-order valence-electron chi connectivity index (χ2n) is 7.71. The molecule has 4 rings (SSSR count). The zero-order valence-corrected chi connectivity index (χ0v) is 17.3. The molecule has 0 spiro atoms. The van der Waals surface area contributed by atoms with Crippen LogP contribution in [-0.4, -0.2) is 30.8 Å². The van der Waals surface area contributed by atoms with Gasteiger partial charge in [0, 0.05) is 12.0 Å². The molecular formula is C23H17F5N2O4. The van der Waals surface area contributed by atoms with E-state index in [-0.39, 0.29) is 5.75 Å². The summed E-state index contributed by atoms with van der Waals surface area (Å²) in [6.45, 7) is 0.350. The summed E-state index contributed by atoms with van der Waals surface area (Å²) in [6, 6.07) is 6.54. The number of allylic oxidation sites excluding steroid dienone is 2. The third kappa shape index (κ3) is 3.57. The molecule has 0 aromatic heterocycles. The first kappa shape index (κ1) is 23.3. The number of hydrogen-bond donors (Lipinski definition) is 2. The van der Waals surface area contributed by atoms with E-state index in [0.717, 1.165) is 11.6 Å². The molecule has 0 saturated carbocycles. The summed E-state index contributed by atoms with van der Waals surface area (Å²) in [5.74, 6) is -4.18. The highest BCUT2D eigenvalue weighted by atomic mass is 19.4. The van der Waals surface area contributed by atoms with Gasteiger partial charge in [0.05, 0.1) is 17.7 Å². The Morgan fingerprint density at radius 1 is 1.12 bits per heavy atom. The van der Waals surface area contributed by atoms with Gasteiger partial charge in [0.1, 0.15) is 17.0 Å². The number of benzene rings is 2. The highest BCUT2D eigenvalue weighted by Gasteiger charge is 2.63. The number of fused-ring (bicyclic) bond motifs is 1. The topological polar surface area (TPSA) is 105 Å². The number of hydrogen-bond acceptors (Lipinski definition) is 4. The predicted molar refractivity (Wildman–Crippen MR) is 109 cm³/mol. The van der Waals surface area contributed by atoms with E-state index in [0.29, 0.717) is 43.1 Å². The van der Waals surface area contributed by atoms with Gasteiger partial charge in [-0.15, -0.1) is 0 Å². The number of carbonyl (C=O) groups excluding carboxylic acids is 2. The van der Waals surface area contributed by atoms with E-state index in [1.807, 2.05) is 0 Å². The molecule has 0 saturated heterocycles. The maximum atomic E-state index is 15.8. The second kappa shape index (κ2) is 8.15. The Morgan fingerprint density at radius 3 is 2.50 bits per heavy atom. The summed E-state index contributed by atoms with van der Waals surface area (Å²) in [7, 11) is 0. The van der Waals surface area contributed by atoms with Crippen molar-refractivity contribution in [1.29, 1.82) is 0 Å². The average Bonchev–Trinajstić information content (AvgIpc) is 3.23. The summed E-state index contributed by atoms with van der Waals surface area (Å²) in [4.78, 5) is 23.6. The lowest BCUT2D eigenvalue weighted by Gasteiger charge is -2.39. The van der Waals surface area contributed by atoms with Crippen LogP contribution in [-0.2, 0) is 16.6 Å². The van der Waals surface area contributed by atoms with Crippen LogP contribution in [0, 0.1) is 5.82 Å². The Bertz CT molecular complexity index is 1250. The number of halogens is 5. The fourth-order valence-corrected chi connectivity index (χ4v) is 4.07. The van der Waals surface area contributed by atoms with Gasteiger partial charge in [-0.05, 0) is 29.8 Å². The van der Waals surface area contributed by atoms with Gasteiger partial charge in [-0.3, -0.25) is 9.59 Å². The number of primary amides is 2. The van der Waals surface area contributed by atoms with E-state index < -0.39 is 57.9 Å². The molecule has 178 valence electrons. The number of ether oxygens (including phenoxy) is 2. The van der Waals surface area contributed by atoms with Crippen molar-refractivity contribution >= 4 is 11.8 Å². The maximum Gasteiger partial charge on any atom is 0.404 e. The van der Waals surface area contributed by atoms with Crippen LogP contribution in [0.4, 0.5) is 22.0 Å². The molecule has 0 fully saturated rings. The fraction of sp³-hybridized carbons (Fsp3) is 0.217. The van der Waals surface area contributed by atoms with Crippen LogP contribution >= 0.6 is 0 Å². The van der Waals surface area contributed by atoms with Gasteiger partial charge in [0.25, 0.3) is 11.8 Å². The third-order valence-electron chi connectivity index (χ3n) is 5.76. The van der Waals surface area contributed by atoms with Crippen molar-refractivity contribution < 1.29 is 41.0 Å². The average molecular weight is 480 g/mol. The van der Waals surface area contributed by atoms with Gasteiger partial charge in [-0.1, -0.05) is 24.3 Å². The zero-order valence-electron chi connectivity index (χ0n) is 17.3. The SMILES string of the molecule is NC(=O)C1=C(Oc2cccc3c2OCC3)C=CC(c2ccc(F)c(C(N)=O)c2)(C(F)(F)F)C1F. The van der Waals surface area contributed by atoms with Crippen molar-refractivity contribution in [2.45, 2.75) is 24.2 Å². The molecule has 2 amide bonds. The van der Waals surface area contributed by atoms with Gasteiger partial charge in [-0.2, -0.15) is 13.2 Å².